The Kier molecular flexibility index (Phi) is 5.76. The molecule has 35 heavy (non-hydrogen) atoms. The van der Waals surface area contributed by atoms with E-state index in [4.69, 9.17) is 4.74 Å². The van der Waals surface area contributed by atoms with Crippen LogP contribution in [0.4, 0.5) is 15.9 Å². The van der Waals surface area contributed by atoms with Crippen LogP contribution in [0.1, 0.15) is 36.7 Å². The molecule has 1 N–H and O–H groups in total. The molecule has 4 aromatic rings. The molecule has 1 amide bonds. The van der Waals surface area contributed by atoms with Gasteiger partial charge in [-0.3, -0.25) is 4.79 Å². The second kappa shape index (κ2) is 8.77. The van der Waals surface area contributed by atoms with E-state index in [2.05, 4.69) is 31.3 Å². The Bertz CT molecular complexity index is 1400. The molecule has 0 bridgehead atoms. The van der Waals surface area contributed by atoms with Gasteiger partial charge in [0.25, 0.3) is 5.91 Å². The second-order valence-corrected chi connectivity index (χ2v) is 9.64. The number of ether oxygens (including phenoxy) is 1. The summed E-state index contributed by atoms with van der Waals surface area (Å²) in [5, 5.41) is 6.77. The highest BCUT2D eigenvalue weighted by Crippen LogP contribution is 2.32. The molecule has 0 aliphatic carbocycles. The highest BCUT2D eigenvalue weighted by atomic mass is 19.1. The summed E-state index contributed by atoms with van der Waals surface area (Å²) in [6.45, 7) is 10.3. The maximum absolute atomic E-state index is 14.8. The second-order valence-electron chi connectivity index (χ2n) is 9.64. The number of pyridine rings is 2. The fourth-order valence-corrected chi connectivity index (χ4v) is 4.24. The Morgan fingerprint density at radius 3 is 2.63 bits per heavy atom. The lowest BCUT2D eigenvalue weighted by Gasteiger charge is -2.29. The zero-order chi connectivity index (χ0) is 24.7. The SMILES string of the molecule is Cc1cnc(NC(=O)c2cnn(C(C)(C)C)c2F)cc1-c1cc(N2CCOCC2)c2nccn2c1. The van der Waals surface area contributed by atoms with Crippen molar-refractivity contribution in [2.75, 3.05) is 36.5 Å². The average Bonchev–Trinajstić information content (AvgIpc) is 3.46. The molecule has 182 valence electrons. The molecule has 9 nitrogen and oxygen atoms in total. The highest BCUT2D eigenvalue weighted by Gasteiger charge is 2.25. The number of rotatable bonds is 4. The van der Waals surface area contributed by atoms with Crippen LogP contribution in [0.25, 0.3) is 16.8 Å². The van der Waals surface area contributed by atoms with E-state index in [1.165, 1.54) is 10.9 Å². The van der Waals surface area contributed by atoms with E-state index in [-0.39, 0.29) is 5.56 Å². The number of halogens is 1. The van der Waals surface area contributed by atoms with Crippen LogP contribution in [0.2, 0.25) is 0 Å². The van der Waals surface area contributed by atoms with Crippen molar-refractivity contribution in [3.8, 4) is 11.1 Å². The highest BCUT2D eigenvalue weighted by molar-refractivity contribution is 6.04. The third kappa shape index (κ3) is 4.37. The lowest BCUT2D eigenvalue weighted by atomic mass is 10.0. The van der Waals surface area contributed by atoms with E-state index in [0.29, 0.717) is 19.0 Å². The third-order valence-electron chi connectivity index (χ3n) is 6.07. The van der Waals surface area contributed by atoms with Gasteiger partial charge in [-0.15, -0.1) is 0 Å². The lowest BCUT2D eigenvalue weighted by Crippen LogP contribution is -2.36. The van der Waals surface area contributed by atoms with Crippen molar-refractivity contribution in [3.05, 3.63) is 60.2 Å². The van der Waals surface area contributed by atoms with Crippen molar-refractivity contribution in [2.45, 2.75) is 33.2 Å². The van der Waals surface area contributed by atoms with Crippen molar-refractivity contribution in [3.63, 3.8) is 0 Å². The van der Waals surface area contributed by atoms with Crippen LogP contribution in [0, 0.1) is 12.9 Å². The summed E-state index contributed by atoms with van der Waals surface area (Å²) in [4.78, 5) is 24.0. The lowest BCUT2D eigenvalue weighted by molar-refractivity contribution is 0.102. The van der Waals surface area contributed by atoms with Gasteiger partial charge in [0.2, 0.25) is 5.95 Å². The number of nitrogens with one attached hydrogen (secondary N) is 1. The molecule has 0 saturated carbocycles. The predicted octanol–water partition coefficient (Wildman–Crippen LogP) is 3.88. The minimum absolute atomic E-state index is 0.127. The molecule has 10 heteroatoms. The van der Waals surface area contributed by atoms with Gasteiger partial charge in [-0.1, -0.05) is 0 Å². The number of morpholine rings is 1. The molecule has 0 unspecified atom stereocenters. The number of amides is 1. The van der Waals surface area contributed by atoms with Crippen molar-refractivity contribution < 1.29 is 13.9 Å². The largest absolute Gasteiger partial charge is 0.378 e. The first-order valence-corrected chi connectivity index (χ1v) is 11.5. The van der Waals surface area contributed by atoms with Crippen molar-refractivity contribution in [2.24, 2.45) is 0 Å². The Hall–Kier alpha value is -3.79. The molecule has 4 aromatic heterocycles. The van der Waals surface area contributed by atoms with Crippen LogP contribution < -0.4 is 10.2 Å². The Morgan fingerprint density at radius 2 is 1.91 bits per heavy atom. The molecule has 1 aliphatic rings. The van der Waals surface area contributed by atoms with Crippen molar-refractivity contribution >= 4 is 23.1 Å². The third-order valence-corrected chi connectivity index (χ3v) is 6.07. The van der Waals surface area contributed by atoms with Crippen LogP contribution in [0.15, 0.2) is 43.1 Å². The predicted molar refractivity (Wildman–Crippen MR) is 131 cm³/mol. The number of carbonyl (C=O) groups is 1. The monoisotopic (exact) mass is 477 g/mol. The van der Waals surface area contributed by atoms with Gasteiger partial charge in [0.1, 0.15) is 11.4 Å². The number of anilines is 2. The minimum Gasteiger partial charge on any atom is -0.378 e. The van der Waals surface area contributed by atoms with E-state index < -0.39 is 17.4 Å². The Morgan fingerprint density at radius 1 is 1.14 bits per heavy atom. The van der Waals surface area contributed by atoms with Crippen LogP contribution in [0.5, 0.6) is 0 Å². The van der Waals surface area contributed by atoms with E-state index in [1.807, 2.05) is 44.5 Å². The smallest absolute Gasteiger partial charge is 0.263 e. The molecule has 1 aliphatic heterocycles. The minimum atomic E-state index is -0.678. The van der Waals surface area contributed by atoms with E-state index in [9.17, 15) is 9.18 Å². The van der Waals surface area contributed by atoms with Crippen LogP contribution in [-0.4, -0.2) is 56.4 Å². The molecule has 0 spiro atoms. The summed E-state index contributed by atoms with van der Waals surface area (Å²) in [5.74, 6) is -0.945. The molecular formula is C25H28FN7O2. The van der Waals surface area contributed by atoms with Gasteiger partial charge in [-0.25, -0.2) is 14.6 Å². The van der Waals surface area contributed by atoms with Gasteiger partial charge in [0, 0.05) is 43.4 Å². The zero-order valence-corrected chi connectivity index (χ0v) is 20.2. The first-order chi connectivity index (χ1) is 16.7. The first-order valence-electron chi connectivity index (χ1n) is 11.5. The quantitative estimate of drug-likeness (QED) is 0.480. The molecule has 1 fully saturated rings. The number of nitrogens with zero attached hydrogens (tertiary/aromatic N) is 6. The van der Waals surface area contributed by atoms with Crippen LogP contribution >= 0.6 is 0 Å². The van der Waals surface area contributed by atoms with Crippen molar-refractivity contribution in [1.29, 1.82) is 0 Å². The number of imidazole rings is 1. The maximum Gasteiger partial charge on any atom is 0.263 e. The van der Waals surface area contributed by atoms with E-state index in [1.54, 1.807) is 18.5 Å². The van der Waals surface area contributed by atoms with Crippen LogP contribution in [-0.2, 0) is 10.3 Å². The average molecular weight is 478 g/mol. The Balaban J connectivity index is 1.48. The molecule has 0 radical (unpaired) electrons. The number of aryl methyl sites for hydroxylation is 1. The fourth-order valence-electron chi connectivity index (χ4n) is 4.24. The summed E-state index contributed by atoms with van der Waals surface area (Å²) in [6, 6.07) is 3.91. The van der Waals surface area contributed by atoms with Crippen LogP contribution in [0.3, 0.4) is 0 Å². The number of carbonyl (C=O) groups excluding carboxylic acids is 1. The number of fused-ring (bicyclic) bond motifs is 1. The van der Waals surface area contributed by atoms with Gasteiger partial charge in [-0.2, -0.15) is 9.49 Å². The summed E-state index contributed by atoms with van der Waals surface area (Å²) in [6.07, 6.45) is 8.64. The molecule has 1 saturated heterocycles. The van der Waals surface area contributed by atoms with Gasteiger partial charge in [0.15, 0.2) is 5.65 Å². The van der Waals surface area contributed by atoms with Gasteiger partial charge in [-0.05, 0) is 51.0 Å². The maximum atomic E-state index is 14.8. The Labute approximate surface area is 202 Å². The summed E-state index contributed by atoms with van der Waals surface area (Å²) in [7, 11) is 0. The summed E-state index contributed by atoms with van der Waals surface area (Å²) in [5.41, 5.74) is 4.00. The van der Waals surface area contributed by atoms with Gasteiger partial charge < -0.3 is 19.4 Å². The number of hydrogen-bond donors (Lipinski definition) is 1. The molecule has 5 heterocycles. The first kappa shape index (κ1) is 23.0. The van der Waals surface area contributed by atoms with Gasteiger partial charge in [0.05, 0.1) is 30.6 Å². The topological polar surface area (TPSA) is 89.6 Å². The fraction of sp³-hybridized carbons (Fsp3) is 0.360. The van der Waals surface area contributed by atoms with Gasteiger partial charge >= 0.3 is 0 Å². The molecule has 0 atom stereocenters. The standard InChI is InChI=1S/C25H28FN7O2/c1-16-13-28-21(30-24(34)19-14-29-33(22(19)26)25(2,3)4)12-18(16)17-11-20(31-7-9-35-10-8-31)23-27-5-6-32(23)15-17/h5-6,11-15H,7-10H2,1-4H3,(H,28,30,34). The normalized spacial score (nSPS) is 14.5. The summed E-state index contributed by atoms with van der Waals surface area (Å²) >= 11 is 0. The molecule has 5 rings (SSSR count). The number of aromatic nitrogens is 5. The van der Waals surface area contributed by atoms with Crippen molar-refractivity contribution in [1.82, 2.24) is 24.1 Å². The molecule has 0 aromatic carbocycles. The van der Waals surface area contributed by atoms with E-state index >= 15 is 0 Å². The van der Waals surface area contributed by atoms with E-state index in [0.717, 1.165) is 41.1 Å². The zero-order valence-electron chi connectivity index (χ0n) is 20.2. The summed E-state index contributed by atoms with van der Waals surface area (Å²) < 4.78 is 23.5. The molecular weight excluding hydrogens is 449 g/mol. The number of hydrogen-bond acceptors (Lipinski definition) is 6.